The first-order valence-corrected chi connectivity index (χ1v) is 9.08. The van der Waals surface area contributed by atoms with Crippen molar-refractivity contribution in [2.75, 3.05) is 16.2 Å². The number of non-ortho nitro benzene ring substituents is 1. The molecule has 0 bridgehead atoms. The summed E-state index contributed by atoms with van der Waals surface area (Å²) in [6.45, 7) is 0. The molecular weight excluding hydrogens is 390 g/mol. The number of thioether (sulfide) groups is 1. The number of hydrogen-bond donors (Lipinski definition) is 4. The molecule has 0 radical (unpaired) electrons. The number of H-pyrrole nitrogens is 1. The van der Waals surface area contributed by atoms with E-state index in [1.807, 2.05) is 4.72 Å². The number of benzene rings is 1. The number of aromatic nitrogens is 2. The van der Waals surface area contributed by atoms with Gasteiger partial charge in [0, 0.05) is 12.1 Å². The van der Waals surface area contributed by atoms with Crippen LogP contribution in [0.3, 0.4) is 0 Å². The number of anilines is 2. The number of rotatable bonds is 7. The summed E-state index contributed by atoms with van der Waals surface area (Å²) >= 11 is 0.687. The van der Waals surface area contributed by atoms with Gasteiger partial charge in [-0.1, -0.05) is 17.8 Å². The Bertz CT molecular complexity index is 1030. The van der Waals surface area contributed by atoms with Crippen LogP contribution in [0.1, 0.15) is 0 Å². The maximum absolute atomic E-state index is 12.3. The number of sulfonamides is 1. The molecule has 0 aliphatic carbocycles. The number of carboxylic acids is 1. The van der Waals surface area contributed by atoms with E-state index in [4.69, 9.17) is 10.8 Å². The smallest absolute Gasteiger partial charge is 0.313 e. The molecule has 0 fully saturated rings. The van der Waals surface area contributed by atoms with Crippen LogP contribution in [0.4, 0.5) is 17.2 Å². The molecule has 12 nitrogen and oxygen atoms in total. The van der Waals surface area contributed by atoms with E-state index >= 15 is 0 Å². The largest absolute Gasteiger partial charge is 0.481 e. The molecular formula is C12H11N5O7S2. The number of nitrogens with one attached hydrogen (secondary N) is 2. The van der Waals surface area contributed by atoms with Crippen LogP contribution in [0.2, 0.25) is 0 Å². The van der Waals surface area contributed by atoms with Crippen molar-refractivity contribution in [3.63, 3.8) is 0 Å². The molecule has 1 aromatic carbocycles. The lowest BCUT2D eigenvalue weighted by Crippen LogP contribution is -2.23. The Hall–Kier alpha value is -3.13. The Morgan fingerprint density at radius 3 is 2.73 bits per heavy atom. The quantitative estimate of drug-likeness (QED) is 0.215. The first-order chi connectivity index (χ1) is 12.1. The average Bonchev–Trinajstić information content (AvgIpc) is 2.56. The zero-order valence-corrected chi connectivity index (χ0v) is 14.3. The van der Waals surface area contributed by atoms with Crippen molar-refractivity contribution in [1.82, 2.24) is 9.97 Å². The van der Waals surface area contributed by atoms with Gasteiger partial charge in [-0.25, -0.2) is 13.4 Å². The van der Waals surface area contributed by atoms with Gasteiger partial charge in [0.05, 0.1) is 15.6 Å². The molecule has 0 spiro atoms. The summed E-state index contributed by atoms with van der Waals surface area (Å²) in [6, 6.07) is 4.20. The van der Waals surface area contributed by atoms with Gasteiger partial charge in [-0.2, -0.15) is 0 Å². The lowest BCUT2D eigenvalue weighted by atomic mass is 10.3. The molecule has 1 aromatic heterocycles. The summed E-state index contributed by atoms with van der Waals surface area (Å²) in [7, 11) is -4.35. The number of aromatic amines is 1. The Morgan fingerprint density at radius 2 is 2.15 bits per heavy atom. The zero-order chi connectivity index (χ0) is 19.5. The van der Waals surface area contributed by atoms with Crippen LogP contribution in [0, 0.1) is 10.1 Å². The second-order valence-electron chi connectivity index (χ2n) is 4.67. The van der Waals surface area contributed by atoms with Gasteiger partial charge in [-0.05, 0) is 6.07 Å². The summed E-state index contributed by atoms with van der Waals surface area (Å²) < 4.78 is 26.6. The Morgan fingerprint density at radius 1 is 1.46 bits per heavy atom. The molecule has 0 amide bonds. The molecule has 138 valence electrons. The zero-order valence-electron chi connectivity index (χ0n) is 12.7. The summed E-state index contributed by atoms with van der Waals surface area (Å²) in [6.07, 6.45) is 0. The van der Waals surface area contributed by atoms with Crippen LogP contribution in [0.15, 0.2) is 39.1 Å². The first kappa shape index (κ1) is 19.2. The minimum absolute atomic E-state index is 0.104. The Labute approximate surface area is 149 Å². The first-order valence-electron chi connectivity index (χ1n) is 6.62. The normalized spacial score (nSPS) is 11.1. The van der Waals surface area contributed by atoms with Gasteiger partial charge in [-0.15, -0.1) is 0 Å². The fraction of sp³-hybridized carbons (Fsp3) is 0.0833. The Balaban J connectivity index is 2.35. The third-order valence-corrected chi connectivity index (χ3v) is 5.04. The van der Waals surface area contributed by atoms with E-state index in [0.717, 1.165) is 18.2 Å². The van der Waals surface area contributed by atoms with Gasteiger partial charge in [0.1, 0.15) is 0 Å². The summed E-state index contributed by atoms with van der Waals surface area (Å²) in [5, 5.41) is 19.2. The van der Waals surface area contributed by atoms with Gasteiger partial charge >= 0.3 is 5.97 Å². The van der Waals surface area contributed by atoms with E-state index in [9.17, 15) is 28.1 Å². The van der Waals surface area contributed by atoms with E-state index in [1.54, 1.807) is 0 Å². The fourth-order valence-corrected chi connectivity index (χ4v) is 3.43. The van der Waals surface area contributed by atoms with Crippen LogP contribution in [0.25, 0.3) is 0 Å². The number of nitrogen functional groups attached to an aromatic ring is 1. The van der Waals surface area contributed by atoms with Crippen LogP contribution in [-0.2, 0) is 14.8 Å². The van der Waals surface area contributed by atoms with E-state index in [-0.39, 0.29) is 10.9 Å². The number of aliphatic carboxylic acids is 1. The highest BCUT2D eigenvalue weighted by molar-refractivity contribution is 7.99. The number of nitro benzene ring substituents is 1. The number of nitro groups is 1. The molecule has 0 atom stereocenters. The van der Waals surface area contributed by atoms with Crippen molar-refractivity contribution >= 4 is 44.9 Å². The third kappa shape index (κ3) is 4.48. The lowest BCUT2D eigenvalue weighted by Gasteiger charge is -2.10. The van der Waals surface area contributed by atoms with Crippen molar-refractivity contribution in [2.24, 2.45) is 0 Å². The maximum atomic E-state index is 12.3. The molecule has 0 aliphatic rings. The van der Waals surface area contributed by atoms with E-state index in [1.165, 1.54) is 6.07 Å². The van der Waals surface area contributed by atoms with Crippen molar-refractivity contribution < 1.29 is 23.2 Å². The van der Waals surface area contributed by atoms with Crippen molar-refractivity contribution in [1.29, 1.82) is 0 Å². The molecule has 2 rings (SSSR count). The minimum atomic E-state index is -4.35. The standard InChI is InChI=1S/C12H11N5O7S2/c13-10-9(11(20)15-12(14-10)25-5-8(18)19)16-26(23,24)7-3-1-2-6(4-7)17(21)22/h1-4,16H,5H2,(H,18,19)(H3,13,14,15,20). The van der Waals surface area contributed by atoms with Gasteiger partial charge in [0.2, 0.25) is 0 Å². The number of carboxylic acid groups (broad SMARTS) is 1. The summed E-state index contributed by atoms with van der Waals surface area (Å²) in [4.78, 5) is 38.0. The van der Waals surface area contributed by atoms with E-state index < -0.39 is 48.6 Å². The van der Waals surface area contributed by atoms with Gasteiger partial charge in [0.15, 0.2) is 16.7 Å². The molecule has 14 heteroatoms. The molecule has 26 heavy (non-hydrogen) atoms. The van der Waals surface area contributed by atoms with Crippen molar-refractivity contribution in [3.8, 4) is 0 Å². The van der Waals surface area contributed by atoms with Crippen molar-refractivity contribution in [2.45, 2.75) is 10.1 Å². The molecule has 2 aromatic rings. The summed E-state index contributed by atoms with van der Waals surface area (Å²) in [5.74, 6) is -2.01. The van der Waals surface area contributed by atoms with Crippen LogP contribution in [0.5, 0.6) is 0 Å². The van der Waals surface area contributed by atoms with Crippen LogP contribution >= 0.6 is 11.8 Å². The molecule has 5 N–H and O–H groups in total. The van der Waals surface area contributed by atoms with Gasteiger partial charge in [-0.3, -0.25) is 29.4 Å². The molecule has 1 heterocycles. The fourth-order valence-electron chi connectivity index (χ4n) is 1.72. The molecule has 0 saturated heterocycles. The maximum Gasteiger partial charge on any atom is 0.313 e. The number of carbonyl (C=O) groups is 1. The Kier molecular flexibility index (Phi) is 5.47. The van der Waals surface area contributed by atoms with E-state index in [2.05, 4.69) is 9.97 Å². The van der Waals surface area contributed by atoms with Crippen LogP contribution < -0.4 is 16.0 Å². The molecule has 0 unspecified atom stereocenters. The highest BCUT2D eigenvalue weighted by atomic mass is 32.2. The SMILES string of the molecule is Nc1nc(SCC(=O)O)[nH]c(=O)c1NS(=O)(=O)c1cccc([N+](=O)[O-])c1. The molecule has 0 saturated carbocycles. The minimum Gasteiger partial charge on any atom is -0.481 e. The van der Waals surface area contributed by atoms with E-state index in [0.29, 0.717) is 11.8 Å². The van der Waals surface area contributed by atoms with Gasteiger partial charge in [0.25, 0.3) is 21.3 Å². The number of hydrogen-bond acceptors (Lipinski definition) is 9. The highest BCUT2D eigenvalue weighted by Gasteiger charge is 2.21. The van der Waals surface area contributed by atoms with Crippen molar-refractivity contribution in [3.05, 3.63) is 44.7 Å². The lowest BCUT2D eigenvalue weighted by molar-refractivity contribution is -0.385. The van der Waals surface area contributed by atoms with Gasteiger partial charge < -0.3 is 10.8 Å². The average molecular weight is 401 g/mol. The predicted octanol–water partition coefficient (Wildman–Crippen LogP) is 0.238. The predicted molar refractivity (Wildman–Crippen MR) is 91.5 cm³/mol. The summed E-state index contributed by atoms with van der Waals surface area (Å²) in [5.41, 5.74) is 3.58. The molecule has 0 aliphatic heterocycles. The highest BCUT2D eigenvalue weighted by Crippen LogP contribution is 2.22. The number of nitrogens with zero attached hydrogens (tertiary/aromatic N) is 2. The second kappa shape index (κ2) is 7.40. The second-order valence-corrected chi connectivity index (χ2v) is 7.32. The monoisotopic (exact) mass is 401 g/mol. The third-order valence-electron chi connectivity index (χ3n) is 2.83. The van der Waals surface area contributed by atoms with Crippen LogP contribution in [-0.4, -0.2) is 40.1 Å². The number of nitrogens with two attached hydrogens (primary N) is 1. The topological polar surface area (TPSA) is 198 Å².